The van der Waals surface area contributed by atoms with Gasteiger partial charge in [-0.1, -0.05) is 72.8 Å². The predicted molar refractivity (Wildman–Crippen MR) is 287 cm³/mol. The van der Waals surface area contributed by atoms with Crippen LogP contribution in [0.25, 0.3) is 0 Å². The molecule has 4 unspecified atom stereocenters. The van der Waals surface area contributed by atoms with Crippen LogP contribution in [0.1, 0.15) is 77.0 Å². The number of esters is 1. The Bertz CT molecular complexity index is 2670. The third kappa shape index (κ3) is 14.0. The highest BCUT2D eigenvalue weighted by Crippen LogP contribution is 2.62. The molecule has 75 heavy (non-hydrogen) atoms. The van der Waals surface area contributed by atoms with Crippen LogP contribution >= 0.6 is 11.6 Å². The molecule has 8 bridgehead atoms. The molecule has 8 nitrogen and oxygen atoms in total. The lowest BCUT2D eigenvalue weighted by atomic mass is 9.48. The maximum atomic E-state index is 12.5. The molecule has 8 saturated carbocycles. The van der Waals surface area contributed by atoms with E-state index in [0.717, 1.165) is 57.8 Å². The number of ether oxygens (including phenoxy) is 3. The summed E-state index contributed by atoms with van der Waals surface area (Å²) in [5.74, 6) is 2.93. The van der Waals surface area contributed by atoms with Gasteiger partial charge in [0, 0.05) is 11.8 Å². The molecule has 8 fully saturated rings. The number of phenols is 1. The van der Waals surface area contributed by atoms with Gasteiger partial charge >= 0.3 is 5.97 Å². The van der Waals surface area contributed by atoms with Crippen molar-refractivity contribution in [3.8, 4) is 11.5 Å². The monoisotopic (exact) mass is 1110 g/mol. The number of ketones is 1. The first kappa shape index (κ1) is 56.7. The molecule has 0 amide bonds. The molecule has 8 aliphatic carbocycles. The molecule has 8 aliphatic rings. The van der Waals surface area contributed by atoms with E-state index in [1.807, 2.05) is 48.5 Å². The van der Waals surface area contributed by atoms with Crippen molar-refractivity contribution in [1.82, 2.24) is 0 Å². The van der Waals surface area contributed by atoms with Gasteiger partial charge in [-0.05, 0) is 191 Å². The van der Waals surface area contributed by atoms with Gasteiger partial charge < -0.3 is 54.3 Å². The van der Waals surface area contributed by atoms with E-state index in [4.69, 9.17) is 25.8 Å². The second-order valence-corrected chi connectivity index (χ2v) is 26.1. The number of aliphatic hydroxyl groups is 2. The lowest BCUT2D eigenvalue weighted by Crippen LogP contribution is -3.00. The summed E-state index contributed by atoms with van der Waals surface area (Å²) in [6, 6.07) is 57.5. The first-order valence-corrected chi connectivity index (χ1v) is 28.9. The summed E-state index contributed by atoms with van der Waals surface area (Å²) in [7, 11) is -0.350. The van der Waals surface area contributed by atoms with Gasteiger partial charge in [-0.3, -0.25) is 4.79 Å². The van der Waals surface area contributed by atoms with Crippen molar-refractivity contribution in [2.75, 3.05) is 25.7 Å². The highest BCUT2D eigenvalue weighted by atomic mass is 35.5. The maximum absolute atomic E-state index is 12.5. The Morgan fingerprint density at radius 3 is 1.29 bits per heavy atom. The molecule has 0 heterocycles. The number of phenolic OH excluding ortho intramolecular Hbond substituents is 1. The molecule has 0 saturated heterocycles. The maximum Gasteiger partial charge on any atom is 0.344 e. The Morgan fingerprint density at radius 1 is 0.507 bits per heavy atom. The number of carbonyl (C=O) groups is 2. The number of Topliss-reactive ketones (excluding diaryl/α,β-unsaturated/α-hetero) is 1. The van der Waals surface area contributed by atoms with Crippen molar-refractivity contribution in [2.45, 2.75) is 123 Å². The van der Waals surface area contributed by atoms with Crippen LogP contribution in [0.5, 0.6) is 11.5 Å². The van der Waals surface area contributed by atoms with Crippen LogP contribution in [-0.4, -0.2) is 69.6 Å². The predicted octanol–water partition coefficient (Wildman–Crippen LogP) is 6.43. The number of rotatable bonds is 15. The van der Waals surface area contributed by atoms with Crippen LogP contribution in [-0.2, 0) is 40.9 Å². The molecule has 14 rings (SSSR count). The van der Waals surface area contributed by atoms with E-state index in [-0.39, 0.29) is 88.5 Å². The fourth-order valence-corrected chi connectivity index (χ4v) is 18.1. The molecule has 6 aromatic rings. The molecule has 396 valence electrons. The summed E-state index contributed by atoms with van der Waals surface area (Å²) >= 11 is 5.49. The average Bonchev–Trinajstić information content (AvgIpc) is 3.38. The van der Waals surface area contributed by atoms with Gasteiger partial charge in [-0.2, -0.15) is 0 Å². The lowest BCUT2D eigenvalue weighted by molar-refractivity contribution is -0.219. The Hall–Kier alpha value is -4.49. The van der Waals surface area contributed by atoms with Crippen LogP contribution in [0.4, 0.5) is 0 Å². The summed E-state index contributed by atoms with van der Waals surface area (Å²) in [5, 5.41) is 30.9. The molecule has 0 spiro atoms. The summed E-state index contributed by atoms with van der Waals surface area (Å²) in [4.78, 5) is 31.3. The van der Waals surface area contributed by atoms with E-state index in [2.05, 4.69) is 109 Å². The Kier molecular flexibility index (Phi) is 18.8. The van der Waals surface area contributed by atoms with Gasteiger partial charge in [0.25, 0.3) is 0 Å². The molecule has 6 aromatic carbocycles. The van der Waals surface area contributed by atoms with E-state index >= 15 is 0 Å². The van der Waals surface area contributed by atoms with Crippen molar-refractivity contribution in [3.63, 3.8) is 0 Å². The van der Waals surface area contributed by atoms with Gasteiger partial charge in [-0.15, -0.1) is 11.6 Å². The number of benzene rings is 6. The number of halogens is 3. The van der Waals surface area contributed by atoms with Crippen molar-refractivity contribution in [1.29, 1.82) is 0 Å². The summed E-state index contributed by atoms with van der Waals surface area (Å²) in [5.41, 5.74) is -1.33. The minimum Gasteiger partial charge on any atom is -1.00 e. The van der Waals surface area contributed by atoms with Crippen LogP contribution in [0.15, 0.2) is 199 Å². The molecule has 4 atom stereocenters. The minimum atomic E-state index is -0.535. The number of carbonyl (C=O) groups excluding carboxylic acids is 2. The molecule has 3 N–H and O–H groups in total. The number of alkyl halides is 1. The Labute approximate surface area is 465 Å². The van der Waals surface area contributed by atoms with Gasteiger partial charge in [0.15, 0.2) is 41.8 Å². The SMILES string of the molecule is O=C(CCl)COC12CC3CC(CC(O)(C3)C1)C2.O=C(COc1ccc([S+](c2ccccc2)c2ccccc2)cc1)OCC12CC3CC(CC(O)(C3)C1)C2.Oc1ccc([S+](c2ccccc2)c2ccccc2)cc1.[Cl-].[Cl-]. The molecule has 0 radical (unpaired) electrons. The number of hydrogen-bond acceptors (Lipinski definition) is 8. The van der Waals surface area contributed by atoms with Crippen molar-refractivity contribution >= 4 is 45.1 Å². The van der Waals surface area contributed by atoms with Crippen molar-refractivity contribution in [3.05, 3.63) is 170 Å². The topological polar surface area (TPSA) is 123 Å². The van der Waals surface area contributed by atoms with Gasteiger partial charge in [0.2, 0.25) is 0 Å². The zero-order chi connectivity index (χ0) is 50.5. The average molecular weight is 1110 g/mol. The lowest BCUT2D eigenvalue weighted by Gasteiger charge is -2.59. The van der Waals surface area contributed by atoms with E-state index < -0.39 is 11.2 Å². The Balaban J connectivity index is 0.000000162. The fourth-order valence-electron chi connectivity index (χ4n) is 13.9. The Morgan fingerprint density at radius 2 is 0.893 bits per heavy atom. The van der Waals surface area contributed by atoms with Crippen LogP contribution < -0.4 is 29.6 Å². The van der Waals surface area contributed by atoms with Crippen LogP contribution in [0.3, 0.4) is 0 Å². The summed E-state index contributed by atoms with van der Waals surface area (Å²) in [6.07, 6.45) is 11.8. The molecular weight excluding hydrogens is 1040 g/mol. The minimum absolute atomic E-state index is 0. The van der Waals surface area contributed by atoms with Crippen LogP contribution in [0, 0.1) is 29.1 Å². The standard InChI is InChI=1S/C31H33O4S.C18H14OS.C13H19ClO3.2ClH/c32-29(35-22-30-16-23-15-24(17-30)19-31(33,18-23)21-30)20-34-25-11-13-28(14-12-25)36(26-7-3-1-4-8-26)27-9-5-2-6-10-27;19-15-11-13-18(14-12-15)20(16-7-3-1-4-8-16)17-9-5-2-6-10-17;14-6-11(15)7-17-13-4-9-1-10(5-13)3-12(16,2-9)8-13;;/h1-14,23-24,33H,15-22H2;1-14H;9-10,16H,1-8H2;2*1H/q+1;;;;/p-1. The van der Waals surface area contributed by atoms with E-state index in [1.54, 1.807) is 12.1 Å². The highest BCUT2D eigenvalue weighted by molar-refractivity contribution is 7.97. The first-order chi connectivity index (χ1) is 35.4. The third-order valence-corrected chi connectivity index (χ3v) is 20.5. The van der Waals surface area contributed by atoms with Gasteiger partial charge in [-0.25, -0.2) is 4.79 Å². The fraction of sp³-hybridized carbons (Fsp3) is 0.387. The number of aromatic hydroxyl groups is 1. The quantitative estimate of drug-likeness (QED) is 0.0613. The number of hydrogen-bond donors (Lipinski definition) is 3. The smallest absolute Gasteiger partial charge is 0.344 e. The second kappa shape index (κ2) is 24.9. The van der Waals surface area contributed by atoms with E-state index in [1.165, 1.54) is 42.2 Å². The van der Waals surface area contributed by atoms with Crippen molar-refractivity contribution in [2.24, 2.45) is 29.1 Å². The van der Waals surface area contributed by atoms with Gasteiger partial charge in [0.05, 0.1) is 51.1 Å². The summed E-state index contributed by atoms with van der Waals surface area (Å²) in [6.45, 7) is 0.412. The second-order valence-electron chi connectivity index (χ2n) is 21.8. The van der Waals surface area contributed by atoms with E-state index in [0.29, 0.717) is 48.2 Å². The molecule has 13 heteroatoms. The first-order valence-electron chi connectivity index (χ1n) is 25.9. The largest absolute Gasteiger partial charge is 1.00 e. The zero-order valence-electron chi connectivity index (χ0n) is 42.1. The third-order valence-electron chi connectivity index (χ3n) is 15.8. The van der Waals surface area contributed by atoms with Crippen molar-refractivity contribution < 1.29 is 63.9 Å². The zero-order valence-corrected chi connectivity index (χ0v) is 46.0. The van der Waals surface area contributed by atoms with E-state index in [9.17, 15) is 24.9 Å². The molecule has 0 aromatic heterocycles. The normalized spacial score (nSPS) is 27.2. The molecular formula is C62H67Cl3O8S2. The molecule has 0 aliphatic heterocycles. The summed E-state index contributed by atoms with van der Waals surface area (Å²) < 4.78 is 17.3. The van der Waals surface area contributed by atoms with Crippen LogP contribution in [0.2, 0.25) is 0 Å². The van der Waals surface area contributed by atoms with Gasteiger partial charge in [0.1, 0.15) is 18.1 Å². The highest BCUT2D eigenvalue weighted by Gasteiger charge is 2.59.